The van der Waals surface area contributed by atoms with Gasteiger partial charge in [0.05, 0.1) is 22.9 Å². The molecule has 0 saturated carbocycles. The highest BCUT2D eigenvalue weighted by Crippen LogP contribution is 2.36. The number of nitrogens with zero attached hydrogens (tertiary/aromatic N) is 3. The third-order valence-electron chi connectivity index (χ3n) is 7.15. The van der Waals surface area contributed by atoms with Crippen molar-refractivity contribution in [2.75, 3.05) is 5.43 Å². The van der Waals surface area contributed by atoms with Gasteiger partial charge < -0.3 is 4.57 Å². The molecule has 40 heavy (non-hydrogen) atoms. The van der Waals surface area contributed by atoms with Crippen LogP contribution in [0.15, 0.2) is 151 Å². The van der Waals surface area contributed by atoms with Gasteiger partial charge in [-0.2, -0.15) is 5.10 Å². The number of anilines is 1. The predicted octanol–water partition coefficient (Wildman–Crippen LogP) is 8.96. The number of hydrogen-bond donors (Lipinski definition) is 1. The fourth-order valence-corrected chi connectivity index (χ4v) is 5.37. The van der Waals surface area contributed by atoms with Gasteiger partial charge in [-0.1, -0.05) is 115 Å². The van der Waals surface area contributed by atoms with E-state index in [1.165, 1.54) is 0 Å². The normalized spacial score (nSPS) is 11.4. The second kappa shape index (κ2) is 10.4. The highest BCUT2D eigenvalue weighted by atomic mass is 15.3. The van der Waals surface area contributed by atoms with Crippen LogP contribution in [-0.2, 0) is 0 Å². The van der Waals surface area contributed by atoms with Gasteiger partial charge in [0, 0.05) is 22.0 Å². The molecule has 5 aromatic carbocycles. The smallest absolute Gasteiger partial charge is 0.147 e. The van der Waals surface area contributed by atoms with E-state index in [1.54, 1.807) is 0 Å². The van der Waals surface area contributed by atoms with Crippen LogP contribution in [-0.4, -0.2) is 15.8 Å². The van der Waals surface area contributed by atoms with Gasteiger partial charge in [-0.15, -0.1) is 0 Å². The molecule has 0 bridgehead atoms. The highest BCUT2D eigenvalue weighted by Gasteiger charge is 2.18. The highest BCUT2D eigenvalue weighted by molar-refractivity contribution is 6.07. The molecular weight excluding hydrogens is 488 g/mol. The molecule has 0 aliphatic heterocycles. The summed E-state index contributed by atoms with van der Waals surface area (Å²) in [6.07, 6.45) is 1.92. The molecule has 0 unspecified atom stereocenters. The van der Waals surface area contributed by atoms with E-state index in [0.29, 0.717) is 5.82 Å². The van der Waals surface area contributed by atoms with Crippen molar-refractivity contribution in [1.29, 1.82) is 0 Å². The monoisotopic (exact) mass is 514 g/mol. The third kappa shape index (κ3) is 4.32. The van der Waals surface area contributed by atoms with Gasteiger partial charge in [-0.3, -0.25) is 5.43 Å². The summed E-state index contributed by atoms with van der Waals surface area (Å²) in [4.78, 5) is 4.86. The van der Waals surface area contributed by atoms with Crippen LogP contribution in [0.4, 0.5) is 5.82 Å². The molecule has 0 atom stereocenters. The molecule has 0 aliphatic carbocycles. The van der Waals surface area contributed by atoms with E-state index in [4.69, 9.17) is 10.1 Å². The Balaban J connectivity index is 1.36. The maximum atomic E-state index is 4.86. The van der Waals surface area contributed by atoms with Crippen molar-refractivity contribution in [3.63, 3.8) is 0 Å². The molecule has 2 aromatic heterocycles. The average Bonchev–Trinajstić information content (AvgIpc) is 3.36. The maximum Gasteiger partial charge on any atom is 0.147 e. The number of rotatable bonds is 6. The number of fused-ring (bicyclic) bond motifs is 2. The Hall–Kier alpha value is -5.48. The first-order chi connectivity index (χ1) is 19.9. The third-order valence-corrected chi connectivity index (χ3v) is 7.15. The van der Waals surface area contributed by atoms with Crippen molar-refractivity contribution in [3.05, 3.63) is 151 Å². The second-order valence-electron chi connectivity index (χ2n) is 9.62. The van der Waals surface area contributed by atoms with Gasteiger partial charge in [0.2, 0.25) is 0 Å². The van der Waals surface area contributed by atoms with Crippen LogP contribution in [0.25, 0.3) is 49.9 Å². The summed E-state index contributed by atoms with van der Waals surface area (Å²) in [6, 6.07) is 50.1. The minimum atomic E-state index is 0.696. The van der Waals surface area contributed by atoms with Crippen LogP contribution >= 0.6 is 0 Å². The number of nitrogens with one attached hydrogen (secondary N) is 1. The molecule has 4 nitrogen and oxygen atoms in total. The van der Waals surface area contributed by atoms with E-state index in [-0.39, 0.29) is 0 Å². The summed E-state index contributed by atoms with van der Waals surface area (Å²) in [5.74, 6) is 0.696. The van der Waals surface area contributed by atoms with Crippen LogP contribution in [0.1, 0.15) is 5.56 Å². The van der Waals surface area contributed by atoms with Gasteiger partial charge in [0.25, 0.3) is 0 Å². The minimum Gasteiger partial charge on any atom is -0.309 e. The quantitative estimate of drug-likeness (QED) is 0.178. The van der Waals surface area contributed by atoms with Gasteiger partial charge in [0.1, 0.15) is 5.82 Å². The Morgan fingerprint density at radius 1 is 0.600 bits per heavy atom. The summed E-state index contributed by atoms with van der Waals surface area (Å²) in [7, 11) is 0. The van der Waals surface area contributed by atoms with Gasteiger partial charge in [0.15, 0.2) is 0 Å². The standard InChI is InChI=1S/C36H26N4/c1-4-14-26(15-5-1)31-24-35(38-33-22-12-10-20-29(31)33)39-37-25-32-30-21-11-13-23-34(30)40(28-18-8-3-9-19-28)36(32)27-16-6-2-7-17-27/h1-25H,(H,38,39)/b37-25+. The molecule has 4 heteroatoms. The zero-order chi connectivity index (χ0) is 26.7. The lowest BCUT2D eigenvalue weighted by molar-refractivity contribution is 1.13. The average molecular weight is 515 g/mol. The predicted molar refractivity (Wildman–Crippen MR) is 167 cm³/mol. The fourth-order valence-electron chi connectivity index (χ4n) is 5.37. The van der Waals surface area contributed by atoms with Gasteiger partial charge >= 0.3 is 0 Å². The topological polar surface area (TPSA) is 42.2 Å². The van der Waals surface area contributed by atoms with Crippen LogP contribution in [0, 0.1) is 0 Å². The van der Waals surface area contributed by atoms with E-state index in [2.05, 4.69) is 125 Å². The first-order valence-corrected chi connectivity index (χ1v) is 13.4. The Bertz CT molecular complexity index is 1960. The van der Waals surface area contributed by atoms with Crippen molar-refractivity contribution in [1.82, 2.24) is 9.55 Å². The zero-order valence-electron chi connectivity index (χ0n) is 21.8. The van der Waals surface area contributed by atoms with Crippen molar-refractivity contribution in [2.45, 2.75) is 0 Å². The molecule has 0 amide bonds. The molecule has 0 saturated heterocycles. The molecule has 1 N–H and O–H groups in total. The van der Waals surface area contributed by atoms with E-state index in [9.17, 15) is 0 Å². The molecule has 0 aliphatic rings. The molecule has 0 spiro atoms. The second-order valence-corrected chi connectivity index (χ2v) is 9.62. The zero-order valence-corrected chi connectivity index (χ0v) is 21.8. The minimum absolute atomic E-state index is 0.696. The van der Waals surface area contributed by atoms with E-state index < -0.39 is 0 Å². The van der Waals surface area contributed by atoms with Crippen molar-refractivity contribution in [2.24, 2.45) is 5.10 Å². The fraction of sp³-hybridized carbons (Fsp3) is 0. The maximum absolute atomic E-state index is 4.86. The SMILES string of the molecule is C(=N\Nc1cc(-c2ccccc2)c2ccccc2n1)/c1c(-c2ccccc2)n(-c2ccccc2)c2ccccc12. The summed E-state index contributed by atoms with van der Waals surface area (Å²) >= 11 is 0. The van der Waals surface area contributed by atoms with Crippen molar-refractivity contribution < 1.29 is 0 Å². The number of aromatic nitrogens is 2. The summed E-state index contributed by atoms with van der Waals surface area (Å²) < 4.78 is 2.31. The first-order valence-electron chi connectivity index (χ1n) is 13.4. The molecule has 0 fully saturated rings. The van der Waals surface area contributed by atoms with Crippen molar-refractivity contribution >= 4 is 33.8 Å². The van der Waals surface area contributed by atoms with Crippen LogP contribution in [0.3, 0.4) is 0 Å². The van der Waals surface area contributed by atoms with E-state index in [0.717, 1.165) is 55.4 Å². The van der Waals surface area contributed by atoms with Crippen molar-refractivity contribution in [3.8, 4) is 28.1 Å². The van der Waals surface area contributed by atoms with Crippen LogP contribution in [0.5, 0.6) is 0 Å². The first kappa shape index (κ1) is 23.6. The van der Waals surface area contributed by atoms with Crippen LogP contribution in [0.2, 0.25) is 0 Å². The summed E-state index contributed by atoms with van der Waals surface area (Å²) in [6.45, 7) is 0. The lowest BCUT2D eigenvalue weighted by Crippen LogP contribution is -1.99. The molecule has 190 valence electrons. The molecule has 0 radical (unpaired) electrons. The number of para-hydroxylation sites is 3. The number of hydrogen-bond acceptors (Lipinski definition) is 3. The summed E-state index contributed by atoms with van der Waals surface area (Å²) in [5, 5.41) is 6.99. The number of pyridine rings is 1. The van der Waals surface area contributed by atoms with E-state index >= 15 is 0 Å². The Morgan fingerprint density at radius 2 is 1.20 bits per heavy atom. The van der Waals surface area contributed by atoms with Gasteiger partial charge in [-0.25, -0.2) is 4.98 Å². The van der Waals surface area contributed by atoms with Crippen LogP contribution < -0.4 is 5.43 Å². The Labute approximate surface area is 232 Å². The summed E-state index contributed by atoms with van der Waals surface area (Å²) in [5.41, 5.74) is 11.9. The Morgan fingerprint density at radius 3 is 1.95 bits per heavy atom. The number of benzene rings is 5. The molecule has 7 rings (SSSR count). The lowest BCUT2D eigenvalue weighted by Gasteiger charge is -2.12. The molecular formula is C36H26N4. The van der Waals surface area contributed by atoms with E-state index in [1.807, 2.05) is 36.5 Å². The largest absolute Gasteiger partial charge is 0.309 e. The molecule has 2 heterocycles. The Kier molecular flexibility index (Phi) is 6.11. The van der Waals surface area contributed by atoms with Gasteiger partial charge in [-0.05, 0) is 47.0 Å². The molecule has 7 aromatic rings. The number of hydrazone groups is 1. The lowest BCUT2D eigenvalue weighted by atomic mass is 10.0.